The van der Waals surface area contributed by atoms with E-state index in [-0.39, 0.29) is 5.57 Å². The summed E-state index contributed by atoms with van der Waals surface area (Å²) in [6, 6.07) is 18.7. The van der Waals surface area contributed by atoms with Gasteiger partial charge in [0.25, 0.3) is 5.91 Å². The van der Waals surface area contributed by atoms with Crippen LogP contribution in [-0.4, -0.2) is 13.0 Å². The first-order valence-electron chi connectivity index (χ1n) is 9.92. The highest BCUT2D eigenvalue weighted by Gasteiger charge is 2.15. The van der Waals surface area contributed by atoms with Gasteiger partial charge < -0.3 is 10.1 Å². The molecular formula is C26H22Cl2N2O2. The van der Waals surface area contributed by atoms with Gasteiger partial charge in [0.05, 0.1) is 7.11 Å². The van der Waals surface area contributed by atoms with Crippen molar-refractivity contribution in [3.63, 3.8) is 0 Å². The van der Waals surface area contributed by atoms with E-state index in [1.807, 2.05) is 62.4 Å². The number of nitrogens with zero attached hydrogens (tertiary/aromatic N) is 1. The van der Waals surface area contributed by atoms with E-state index in [9.17, 15) is 10.1 Å². The highest BCUT2D eigenvalue weighted by molar-refractivity contribution is 6.32. The Balaban J connectivity index is 1.91. The predicted molar refractivity (Wildman–Crippen MR) is 130 cm³/mol. The van der Waals surface area contributed by atoms with Gasteiger partial charge in [0.15, 0.2) is 0 Å². The molecule has 0 saturated carbocycles. The van der Waals surface area contributed by atoms with Gasteiger partial charge in [-0.15, -0.1) is 0 Å². The molecule has 0 radical (unpaired) electrons. The van der Waals surface area contributed by atoms with Gasteiger partial charge in [-0.3, -0.25) is 4.79 Å². The number of hydrogen-bond acceptors (Lipinski definition) is 3. The van der Waals surface area contributed by atoms with Crippen molar-refractivity contribution in [3.05, 3.63) is 98.0 Å². The lowest BCUT2D eigenvalue weighted by atomic mass is 10.0. The van der Waals surface area contributed by atoms with Crippen LogP contribution in [0.25, 0.3) is 6.08 Å². The molecule has 0 aromatic heterocycles. The maximum atomic E-state index is 12.7. The summed E-state index contributed by atoms with van der Waals surface area (Å²) < 4.78 is 5.54. The van der Waals surface area contributed by atoms with E-state index >= 15 is 0 Å². The molecule has 1 N–H and O–H groups in total. The van der Waals surface area contributed by atoms with Gasteiger partial charge in [-0.1, -0.05) is 53.5 Å². The molecule has 3 rings (SSSR count). The number of nitrogens with one attached hydrogen (secondary N) is 1. The average Bonchev–Trinajstić information content (AvgIpc) is 2.77. The molecule has 3 aromatic carbocycles. The van der Waals surface area contributed by atoms with Crippen LogP contribution in [0.5, 0.6) is 5.75 Å². The lowest BCUT2D eigenvalue weighted by molar-refractivity contribution is -0.112. The Kier molecular flexibility index (Phi) is 7.58. The van der Waals surface area contributed by atoms with Crippen LogP contribution in [0.15, 0.2) is 60.2 Å². The smallest absolute Gasteiger partial charge is 0.266 e. The van der Waals surface area contributed by atoms with E-state index in [1.165, 1.54) is 6.08 Å². The first kappa shape index (κ1) is 23.4. The highest BCUT2D eigenvalue weighted by atomic mass is 35.5. The quantitative estimate of drug-likeness (QED) is 0.323. The third kappa shape index (κ3) is 5.50. The normalized spacial score (nSPS) is 11.1. The number of methoxy groups -OCH3 is 1. The molecule has 6 heteroatoms. The minimum absolute atomic E-state index is 0.0390. The van der Waals surface area contributed by atoms with Crippen molar-refractivity contribution in [1.29, 1.82) is 5.26 Å². The Morgan fingerprint density at radius 1 is 1.09 bits per heavy atom. The topological polar surface area (TPSA) is 62.1 Å². The summed E-state index contributed by atoms with van der Waals surface area (Å²) >= 11 is 12.8. The molecule has 0 aliphatic carbocycles. The number of rotatable bonds is 6. The fourth-order valence-electron chi connectivity index (χ4n) is 3.28. The lowest BCUT2D eigenvalue weighted by Gasteiger charge is -2.13. The van der Waals surface area contributed by atoms with Gasteiger partial charge in [-0.25, -0.2) is 0 Å². The molecule has 0 fully saturated rings. The van der Waals surface area contributed by atoms with Crippen LogP contribution in [-0.2, 0) is 11.2 Å². The summed E-state index contributed by atoms with van der Waals surface area (Å²) in [5.41, 5.74) is 4.84. The van der Waals surface area contributed by atoms with Crippen LogP contribution >= 0.6 is 23.2 Å². The standard InChI is InChI=1S/C26H22Cl2N2O2/c1-16-8-9-17(2)24(10-16)30-26(31)20(15-29)11-18-12-23(28)21(25(13-18)32-3)14-19-6-4-5-7-22(19)27/h4-13H,14H2,1-3H3,(H,30,31)/b20-11+. The molecule has 0 heterocycles. The van der Waals surface area contributed by atoms with E-state index in [0.29, 0.717) is 33.5 Å². The third-order valence-electron chi connectivity index (χ3n) is 5.04. The molecule has 32 heavy (non-hydrogen) atoms. The fraction of sp³-hybridized carbons (Fsp3) is 0.154. The van der Waals surface area contributed by atoms with Crippen molar-refractivity contribution in [1.82, 2.24) is 0 Å². The van der Waals surface area contributed by atoms with Crippen LogP contribution in [0.1, 0.15) is 27.8 Å². The Hall–Kier alpha value is -3.26. The maximum Gasteiger partial charge on any atom is 0.266 e. The number of amides is 1. The first-order valence-corrected chi connectivity index (χ1v) is 10.7. The zero-order valence-corrected chi connectivity index (χ0v) is 19.5. The second kappa shape index (κ2) is 10.4. The molecule has 162 valence electrons. The SMILES string of the molecule is COc1cc(/C=C(\C#N)C(=O)Nc2cc(C)ccc2C)cc(Cl)c1Cc1ccccc1Cl. The van der Waals surface area contributed by atoms with Crippen LogP contribution in [0.4, 0.5) is 5.69 Å². The molecule has 0 aliphatic heterocycles. The number of carbonyl (C=O) groups excluding carboxylic acids is 1. The van der Waals surface area contributed by atoms with Gasteiger partial charge in [-0.05, 0) is 66.4 Å². The number of anilines is 1. The molecule has 4 nitrogen and oxygen atoms in total. The van der Waals surface area contributed by atoms with Crippen LogP contribution in [0.2, 0.25) is 10.0 Å². The second-order valence-corrected chi connectivity index (χ2v) is 8.21. The molecule has 0 bridgehead atoms. The zero-order valence-electron chi connectivity index (χ0n) is 18.0. The summed E-state index contributed by atoms with van der Waals surface area (Å²) in [7, 11) is 1.55. The van der Waals surface area contributed by atoms with Crippen molar-refractivity contribution in [2.45, 2.75) is 20.3 Å². The molecule has 0 saturated heterocycles. The minimum atomic E-state index is -0.489. The zero-order chi connectivity index (χ0) is 23.3. The number of hydrogen-bond donors (Lipinski definition) is 1. The molecule has 0 aliphatic rings. The van der Waals surface area contributed by atoms with Gasteiger partial charge in [-0.2, -0.15) is 5.26 Å². The van der Waals surface area contributed by atoms with Crippen molar-refractivity contribution >= 4 is 40.9 Å². The van der Waals surface area contributed by atoms with Crippen LogP contribution < -0.4 is 10.1 Å². The minimum Gasteiger partial charge on any atom is -0.496 e. The molecular weight excluding hydrogens is 443 g/mol. The number of ether oxygens (including phenoxy) is 1. The molecule has 3 aromatic rings. The van der Waals surface area contributed by atoms with Gasteiger partial charge in [0.1, 0.15) is 17.4 Å². The first-order chi connectivity index (χ1) is 15.3. The van der Waals surface area contributed by atoms with E-state index in [1.54, 1.807) is 19.2 Å². The summed E-state index contributed by atoms with van der Waals surface area (Å²) in [5.74, 6) is 0.0623. The number of halogens is 2. The molecule has 0 spiro atoms. The van der Waals surface area contributed by atoms with Crippen LogP contribution in [0, 0.1) is 25.2 Å². The number of aryl methyl sites for hydroxylation is 2. The Bertz CT molecular complexity index is 1240. The number of nitriles is 1. The summed E-state index contributed by atoms with van der Waals surface area (Å²) in [6.07, 6.45) is 1.98. The van der Waals surface area contributed by atoms with Crippen molar-refractivity contribution < 1.29 is 9.53 Å². The Morgan fingerprint density at radius 3 is 2.53 bits per heavy atom. The summed E-state index contributed by atoms with van der Waals surface area (Å²) in [6.45, 7) is 3.84. The maximum absolute atomic E-state index is 12.7. The lowest BCUT2D eigenvalue weighted by Crippen LogP contribution is -2.14. The largest absolute Gasteiger partial charge is 0.496 e. The number of benzene rings is 3. The third-order valence-corrected chi connectivity index (χ3v) is 5.75. The molecule has 0 unspecified atom stereocenters. The summed E-state index contributed by atoms with van der Waals surface area (Å²) in [5, 5.41) is 13.5. The van der Waals surface area contributed by atoms with E-state index in [4.69, 9.17) is 27.9 Å². The van der Waals surface area contributed by atoms with E-state index in [2.05, 4.69) is 5.32 Å². The van der Waals surface area contributed by atoms with Gasteiger partial charge in [0, 0.05) is 27.7 Å². The molecule has 1 amide bonds. The monoisotopic (exact) mass is 464 g/mol. The second-order valence-electron chi connectivity index (χ2n) is 7.39. The van der Waals surface area contributed by atoms with E-state index in [0.717, 1.165) is 22.3 Å². The fourth-order valence-corrected chi connectivity index (χ4v) is 3.76. The average molecular weight is 465 g/mol. The highest BCUT2D eigenvalue weighted by Crippen LogP contribution is 2.33. The molecule has 0 atom stereocenters. The number of carbonyl (C=O) groups is 1. The Labute approximate surface area is 198 Å². The van der Waals surface area contributed by atoms with Gasteiger partial charge in [0.2, 0.25) is 0 Å². The van der Waals surface area contributed by atoms with Crippen LogP contribution in [0.3, 0.4) is 0 Å². The van der Waals surface area contributed by atoms with E-state index < -0.39 is 5.91 Å². The van der Waals surface area contributed by atoms with Crippen molar-refractivity contribution in [2.24, 2.45) is 0 Å². The summed E-state index contributed by atoms with van der Waals surface area (Å²) in [4.78, 5) is 12.7. The van der Waals surface area contributed by atoms with Crippen molar-refractivity contribution in [3.8, 4) is 11.8 Å². The van der Waals surface area contributed by atoms with Gasteiger partial charge >= 0.3 is 0 Å². The Morgan fingerprint density at radius 2 is 1.84 bits per heavy atom. The van der Waals surface area contributed by atoms with Crippen molar-refractivity contribution in [2.75, 3.05) is 12.4 Å². The predicted octanol–water partition coefficient (Wildman–Crippen LogP) is 6.76.